The summed E-state index contributed by atoms with van der Waals surface area (Å²) in [6, 6.07) is 25.6. The summed E-state index contributed by atoms with van der Waals surface area (Å²) < 4.78 is 2.07. The van der Waals surface area contributed by atoms with Gasteiger partial charge in [0.15, 0.2) is 0 Å². The Morgan fingerprint density at radius 3 is 2.40 bits per heavy atom. The van der Waals surface area contributed by atoms with Gasteiger partial charge in [0.2, 0.25) is 5.56 Å². The molecule has 0 bridgehead atoms. The van der Waals surface area contributed by atoms with E-state index in [1.807, 2.05) is 79.3 Å². The summed E-state index contributed by atoms with van der Waals surface area (Å²) in [6.45, 7) is 0. The van der Waals surface area contributed by atoms with Gasteiger partial charge in [-0.15, -0.1) is 0 Å². The van der Waals surface area contributed by atoms with Crippen molar-refractivity contribution in [1.29, 1.82) is 0 Å². The van der Waals surface area contributed by atoms with Crippen molar-refractivity contribution in [2.45, 2.75) is 6.04 Å². The minimum Gasteiger partial charge on any atom is -0.326 e. The fourth-order valence-electron chi connectivity index (χ4n) is 3.90. The van der Waals surface area contributed by atoms with E-state index in [0.717, 1.165) is 33.2 Å². The lowest BCUT2D eigenvalue weighted by molar-refractivity contribution is 0.677. The largest absolute Gasteiger partial charge is 0.326 e. The van der Waals surface area contributed by atoms with Gasteiger partial charge >= 0.3 is 0 Å². The molecule has 0 aliphatic carbocycles. The topological polar surface area (TPSA) is 50.7 Å². The molecule has 1 atom stereocenters. The van der Waals surface area contributed by atoms with Crippen molar-refractivity contribution in [2.24, 2.45) is 0 Å². The molecule has 5 rings (SSSR count). The number of benzene rings is 3. The smallest absolute Gasteiger partial charge is 0.249 e. The minimum absolute atomic E-state index is 0.0651. The Labute approximate surface area is 178 Å². The summed E-state index contributed by atoms with van der Waals surface area (Å²) in [6.07, 6.45) is 5.54. The number of aromatic nitrogens is 3. The van der Waals surface area contributed by atoms with Gasteiger partial charge in [0.1, 0.15) is 0 Å². The highest BCUT2D eigenvalue weighted by molar-refractivity contribution is 6.30. The number of pyridine rings is 1. The molecule has 3 aromatic carbocycles. The Morgan fingerprint density at radius 2 is 1.67 bits per heavy atom. The molecule has 5 aromatic rings. The first kappa shape index (κ1) is 18.4. The monoisotopic (exact) mass is 411 g/mol. The molecule has 0 fully saturated rings. The molecule has 0 aliphatic rings. The molecule has 4 nitrogen and oxygen atoms in total. The Bertz CT molecular complexity index is 1360. The van der Waals surface area contributed by atoms with Crippen molar-refractivity contribution in [3.05, 3.63) is 124 Å². The molecule has 0 amide bonds. The fourth-order valence-corrected chi connectivity index (χ4v) is 4.03. The van der Waals surface area contributed by atoms with E-state index < -0.39 is 0 Å². The second-order valence-electron chi connectivity index (χ2n) is 7.18. The lowest BCUT2D eigenvalue weighted by Gasteiger charge is -2.21. The van der Waals surface area contributed by atoms with Crippen molar-refractivity contribution in [2.75, 3.05) is 0 Å². The van der Waals surface area contributed by atoms with Crippen LogP contribution >= 0.6 is 11.6 Å². The normalized spacial score (nSPS) is 12.2. The SMILES string of the molecule is O=c1cc(-c2ccccc2)c2cc(C(c3ccc(Cl)cc3)n3ccnc3)ccc2[nH]1. The van der Waals surface area contributed by atoms with E-state index in [0.29, 0.717) is 5.02 Å². The first-order chi connectivity index (χ1) is 14.7. The fraction of sp³-hybridized carbons (Fsp3) is 0.0400. The highest BCUT2D eigenvalue weighted by atomic mass is 35.5. The van der Waals surface area contributed by atoms with Crippen LogP contribution in [0.4, 0.5) is 0 Å². The zero-order valence-corrected chi connectivity index (χ0v) is 16.8. The number of hydrogen-bond acceptors (Lipinski definition) is 2. The number of H-pyrrole nitrogens is 1. The molecule has 0 spiro atoms. The molecule has 1 N–H and O–H groups in total. The predicted molar refractivity (Wildman–Crippen MR) is 121 cm³/mol. The van der Waals surface area contributed by atoms with Crippen molar-refractivity contribution in [3.8, 4) is 11.1 Å². The van der Waals surface area contributed by atoms with Crippen LogP contribution in [0.5, 0.6) is 0 Å². The number of aromatic amines is 1. The van der Waals surface area contributed by atoms with Gasteiger partial charge in [0, 0.05) is 34.4 Å². The summed E-state index contributed by atoms with van der Waals surface area (Å²) in [5.74, 6) is 0. The van der Waals surface area contributed by atoms with E-state index in [2.05, 4.69) is 20.6 Å². The van der Waals surface area contributed by atoms with Crippen LogP contribution in [0.1, 0.15) is 17.2 Å². The second-order valence-corrected chi connectivity index (χ2v) is 7.62. The first-order valence-electron chi connectivity index (χ1n) is 9.64. The zero-order chi connectivity index (χ0) is 20.5. The zero-order valence-electron chi connectivity index (χ0n) is 16.0. The maximum absolute atomic E-state index is 12.3. The van der Waals surface area contributed by atoms with Crippen molar-refractivity contribution in [3.63, 3.8) is 0 Å². The van der Waals surface area contributed by atoms with Crippen LogP contribution in [-0.4, -0.2) is 14.5 Å². The number of rotatable bonds is 4. The van der Waals surface area contributed by atoms with Crippen molar-refractivity contribution in [1.82, 2.24) is 14.5 Å². The van der Waals surface area contributed by atoms with Crippen LogP contribution in [0.2, 0.25) is 5.02 Å². The van der Waals surface area contributed by atoms with Gasteiger partial charge in [-0.25, -0.2) is 4.98 Å². The number of imidazole rings is 1. The van der Waals surface area contributed by atoms with E-state index in [4.69, 9.17) is 11.6 Å². The first-order valence-corrected chi connectivity index (χ1v) is 10.0. The van der Waals surface area contributed by atoms with Crippen LogP contribution in [0.3, 0.4) is 0 Å². The van der Waals surface area contributed by atoms with Crippen molar-refractivity contribution >= 4 is 22.5 Å². The predicted octanol–water partition coefficient (Wildman–Crippen LogP) is 5.68. The third-order valence-electron chi connectivity index (χ3n) is 5.28. The molecule has 0 saturated carbocycles. The molecule has 1 unspecified atom stereocenters. The second kappa shape index (κ2) is 7.65. The van der Waals surface area contributed by atoms with Crippen LogP contribution in [0.15, 0.2) is 102 Å². The third-order valence-corrected chi connectivity index (χ3v) is 5.53. The summed E-state index contributed by atoms with van der Waals surface area (Å²) in [4.78, 5) is 19.5. The molecule has 30 heavy (non-hydrogen) atoms. The molecule has 0 aliphatic heterocycles. The molecule has 2 heterocycles. The van der Waals surface area contributed by atoms with Crippen LogP contribution < -0.4 is 5.56 Å². The molecule has 146 valence electrons. The molecular weight excluding hydrogens is 394 g/mol. The molecule has 0 saturated heterocycles. The molecule has 2 aromatic heterocycles. The molecular formula is C25H18ClN3O. The van der Waals surface area contributed by atoms with Crippen LogP contribution in [0.25, 0.3) is 22.0 Å². The molecule has 0 radical (unpaired) electrons. The van der Waals surface area contributed by atoms with Gasteiger partial charge in [0.05, 0.1) is 12.4 Å². The Kier molecular flexibility index (Phi) is 4.69. The number of fused-ring (bicyclic) bond motifs is 1. The number of nitrogens with zero attached hydrogens (tertiary/aromatic N) is 2. The van der Waals surface area contributed by atoms with E-state index in [9.17, 15) is 4.79 Å². The number of nitrogens with one attached hydrogen (secondary N) is 1. The van der Waals surface area contributed by atoms with Crippen LogP contribution in [-0.2, 0) is 0 Å². The number of halogens is 1. The standard InChI is InChI=1S/C25H18ClN3O/c26-20-9-6-18(7-10-20)25(29-13-12-27-16-29)19-8-11-23-22(14-19)21(15-24(30)28-23)17-4-2-1-3-5-17/h1-16,25H,(H,28,30). The maximum atomic E-state index is 12.3. The summed E-state index contributed by atoms with van der Waals surface area (Å²) in [5.41, 5.74) is 4.81. The average Bonchev–Trinajstić information content (AvgIpc) is 3.30. The maximum Gasteiger partial charge on any atom is 0.249 e. The van der Waals surface area contributed by atoms with Gasteiger partial charge in [-0.3, -0.25) is 4.79 Å². The third kappa shape index (κ3) is 3.42. The lowest BCUT2D eigenvalue weighted by atomic mass is 9.94. The van der Waals surface area contributed by atoms with Gasteiger partial charge in [0.25, 0.3) is 0 Å². The quantitative estimate of drug-likeness (QED) is 0.413. The van der Waals surface area contributed by atoms with Gasteiger partial charge in [-0.1, -0.05) is 60.1 Å². The Hall–Kier alpha value is -3.63. The van der Waals surface area contributed by atoms with Gasteiger partial charge in [-0.05, 0) is 46.5 Å². The average molecular weight is 412 g/mol. The van der Waals surface area contributed by atoms with E-state index >= 15 is 0 Å². The van der Waals surface area contributed by atoms with E-state index in [1.165, 1.54) is 0 Å². The van der Waals surface area contributed by atoms with Gasteiger partial charge in [-0.2, -0.15) is 0 Å². The van der Waals surface area contributed by atoms with E-state index in [-0.39, 0.29) is 11.6 Å². The highest BCUT2D eigenvalue weighted by Crippen LogP contribution is 2.32. The summed E-state index contributed by atoms with van der Waals surface area (Å²) >= 11 is 6.12. The van der Waals surface area contributed by atoms with Gasteiger partial charge < -0.3 is 9.55 Å². The lowest BCUT2D eigenvalue weighted by Crippen LogP contribution is -2.11. The van der Waals surface area contributed by atoms with Crippen molar-refractivity contribution < 1.29 is 0 Å². The molecule has 5 heteroatoms. The highest BCUT2D eigenvalue weighted by Gasteiger charge is 2.17. The summed E-state index contributed by atoms with van der Waals surface area (Å²) in [7, 11) is 0. The summed E-state index contributed by atoms with van der Waals surface area (Å²) in [5, 5.41) is 1.70. The minimum atomic E-state index is -0.113. The Balaban J connectivity index is 1.74. The van der Waals surface area contributed by atoms with E-state index in [1.54, 1.807) is 12.3 Å². The van der Waals surface area contributed by atoms with Crippen LogP contribution in [0, 0.1) is 0 Å². The number of hydrogen-bond donors (Lipinski definition) is 1. The Morgan fingerprint density at radius 1 is 0.900 bits per heavy atom.